The third-order valence-corrected chi connectivity index (χ3v) is 3.63. The summed E-state index contributed by atoms with van der Waals surface area (Å²) in [6, 6.07) is 10.5. The molecule has 1 N–H and O–H groups in total. The van der Waals surface area contributed by atoms with E-state index in [1.54, 1.807) is 33.2 Å². The number of ether oxygens (including phenoxy) is 1. The second-order valence-electron chi connectivity index (χ2n) is 4.99. The van der Waals surface area contributed by atoms with Gasteiger partial charge in [0.05, 0.1) is 7.11 Å². The summed E-state index contributed by atoms with van der Waals surface area (Å²) in [4.78, 5) is 0. The molecule has 0 radical (unpaired) electrons. The molecule has 0 fully saturated rings. The van der Waals surface area contributed by atoms with Crippen LogP contribution in [0.3, 0.4) is 0 Å². The summed E-state index contributed by atoms with van der Waals surface area (Å²) >= 11 is 0. The summed E-state index contributed by atoms with van der Waals surface area (Å²) in [6.45, 7) is 1.56. The normalized spacial score (nSPS) is 12.2. The molecule has 21 heavy (non-hydrogen) atoms. The Morgan fingerprint density at radius 1 is 1.05 bits per heavy atom. The molecule has 2 aromatic rings. The SMILES string of the molecule is CNC(Cc1ccc(OC)cc1)c1ccc(C)c(F)c1F. The lowest BCUT2D eigenvalue weighted by atomic mass is 9.97. The molecule has 0 spiro atoms. The molecule has 0 saturated heterocycles. The van der Waals surface area contributed by atoms with Crippen LogP contribution in [-0.4, -0.2) is 14.2 Å². The molecule has 2 rings (SSSR count). The van der Waals surface area contributed by atoms with Crippen molar-refractivity contribution in [2.75, 3.05) is 14.2 Å². The third kappa shape index (κ3) is 3.39. The van der Waals surface area contributed by atoms with Crippen LogP contribution in [0, 0.1) is 18.6 Å². The van der Waals surface area contributed by atoms with E-state index >= 15 is 0 Å². The van der Waals surface area contributed by atoms with Crippen LogP contribution in [0.4, 0.5) is 8.78 Å². The molecular weight excluding hydrogens is 272 g/mol. The smallest absolute Gasteiger partial charge is 0.163 e. The molecule has 0 aromatic heterocycles. The van der Waals surface area contributed by atoms with Gasteiger partial charge in [0, 0.05) is 11.6 Å². The summed E-state index contributed by atoms with van der Waals surface area (Å²) in [7, 11) is 3.35. The second-order valence-corrected chi connectivity index (χ2v) is 4.99. The Labute approximate surface area is 123 Å². The highest BCUT2D eigenvalue weighted by atomic mass is 19.2. The fourth-order valence-corrected chi connectivity index (χ4v) is 2.29. The molecule has 0 heterocycles. The van der Waals surface area contributed by atoms with E-state index in [4.69, 9.17) is 4.74 Å². The van der Waals surface area contributed by atoms with Crippen molar-refractivity contribution in [2.24, 2.45) is 0 Å². The van der Waals surface area contributed by atoms with Crippen molar-refractivity contribution in [3.8, 4) is 5.75 Å². The Morgan fingerprint density at radius 3 is 2.29 bits per heavy atom. The fraction of sp³-hybridized carbons (Fsp3) is 0.294. The van der Waals surface area contributed by atoms with Crippen molar-refractivity contribution in [3.05, 3.63) is 64.7 Å². The highest BCUT2D eigenvalue weighted by Crippen LogP contribution is 2.25. The van der Waals surface area contributed by atoms with E-state index in [0.29, 0.717) is 17.5 Å². The van der Waals surface area contributed by atoms with E-state index in [1.165, 1.54) is 0 Å². The lowest BCUT2D eigenvalue weighted by molar-refractivity contribution is 0.414. The quantitative estimate of drug-likeness (QED) is 0.905. The molecule has 0 saturated carbocycles. The predicted molar refractivity (Wildman–Crippen MR) is 79.6 cm³/mol. The number of nitrogens with one attached hydrogen (secondary N) is 1. The molecule has 4 heteroatoms. The first-order valence-electron chi connectivity index (χ1n) is 6.81. The summed E-state index contributed by atoms with van der Waals surface area (Å²) in [5, 5.41) is 3.05. The largest absolute Gasteiger partial charge is 0.497 e. The molecule has 1 unspecified atom stereocenters. The van der Waals surface area contributed by atoms with Crippen LogP contribution in [0.25, 0.3) is 0 Å². The minimum Gasteiger partial charge on any atom is -0.497 e. The zero-order valence-electron chi connectivity index (χ0n) is 12.4. The van der Waals surface area contributed by atoms with Gasteiger partial charge in [-0.25, -0.2) is 8.78 Å². The second kappa shape index (κ2) is 6.68. The Bertz CT molecular complexity index is 611. The Kier molecular flexibility index (Phi) is 4.91. The number of hydrogen-bond acceptors (Lipinski definition) is 2. The van der Waals surface area contributed by atoms with Gasteiger partial charge in [-0.2, -0.15) is 0 Å². The van der Waals surface area contributed by atoms with Gasteiger partial charge in [0.25, 0.3) is 0 Å². The van der Waals surface area contributed by atoms with Crippen LogP contribution in [0.5, 0.6) is 5.75 Å². The molecule has 112 valence electrons. The number of aryl methyl sites for hydroxylation is 1. The molecule has 2 nitrogen and oxygen atoms in total. The molecule has 0 aliphatic heterocycles. The first-order valence-corrected chi connectivity index (χ1v) is 6.81. The number of benzene rings is 2. The average Bonchev–Trinajstić information content (AvgIpc) is 2.51. The van der Waals surface area contributed by atoms with Crippen LogP contribution in [-0.2, 0) is 6.42 Å². The zero-order chi connectivity index (χ0) is 15.4. The summed E-state index contributed by atoms with van der Waals surface area (Å²) < 4.78 is 32.9. The number of rotatable bonds is 5. The first-order chi connectivity index (χ1) is 10.1. The molecule has 0 amide bonds. The van der Waals surface area contributed by atoms with Gasteiger partial charge < -0.3 is 10.1 Å². The maximum atomic E-state index is 14.1. The lowest BCUT2D eigenvalue weighted by Crippen LogP contribution is -2.20. The van der Waals surface area contributed by atoms with E-state index in [0.717, 1.165) is 11.3 Å². The van der Waals surface area contributed by atoms with Crippen molar-refractivity contribution >= 4 is 0 Å². The summed E-state index contributed by atoms with van der Waals surface area (Å²) in [5.74, 6) is -0.780. The third-order valence-electron chi connectivity index (χ3n) is 3.63. The van der Waals surface area contributed by atoms with E-state index in [2.05, 4.69) is 5.32 Å². The van der Waals surface area contributed by atoms with E-state index in [-0.39, 0.29) is 6.04 Å². The Morgan fingerprint density at radius 2 is 1.71 bits per heavy atom. The van der Waals surface area contributed by atoms with E-state index < -0.39 is 11.6 Å². The van der Waals surface area contributed by atoms with Gasteiger partial charge in [0.15, 0.2) is 11.6 Å². The minimum absolute atomic E-state index is 0.284. The van der Waals surface area contributed by atoms with Crippen molar-refractivity contribution in [1.29, 1.82) is 0 Å². The number of halogens is 2. The zero-order valence-corrected chi connectivity index (χ0v) is 12.4. The maximum absolute atomic E-state index is 14.1. The average molecular weight is 291 g/mol. The fourth-order valence-electron chi connectivity index (χ4n) is 2.29. The van der Waals surface area contributed by atoms with Crippen LogP contribution < -0.4 is 10.1 Å². The highest BCUT2D eigenvalue weighted by molar-refractivity contribution is 5.32. The van der Waals surface area contributed by atoms with Gasteiger partial charge in [-0.3, -0.25) is 0 Å². The number of hydrogen-bond donors (Lipinski definition) is 1. The van der Waals surface area contributed by atoms with Crippen molar-refractivity contribution in [1.82, 2.24) is 5.32 Å². The van der Waals surface area contributed by atoms with Crippen molar-refractivity contribution in [2.45, 2.75) is 19.4 Å². The molecule has 0 aliphatic carbocycles. The van der Waals surface area contributed by atoms with Crippen LogP contribution in [0.1, 0.15) is 22.7 Å². The first kappa shape index (κ1) is 15.4. The van der Waals surface area contributed by atoms with E-state index in [1.807, 2.05) is 24.3 Å². The molecular formula is C17H19F2NO. The van der Waals surface area contributed by atoms with Gasteiger partial charge >= 0.3 is 0 Å². The van der Waals surface area contributed by atoms with Gasteiger partial charge in [-0.15, -0.1) is 0 Å². The van der Waals surface area contributed by atoms with Gasteiger partial charge in [-0.1, -0.05) is 24.3 Å². The highest BCUT2D eigenvalue weighted by Gasteiger charge is 2.18. The Balaban J connectivity index is 2.25. The molecule has 0 aliphatic rings. The molecule has 0 bridgehead atoms. The maximum Gasteiger partial charge on any atom is 0.163 e. The van der Waals surface area contributed by atoms with Crippen molar-refractivity contribution in [3.63, 3.8) is 0 Å². The van der Waals surface area contributed by atoms with Crippen molar-refractivity contribution < 1.29 is 13.5 Å². The molecule has 1 atom stereocenters. The van der Waals surface area contributed by atoms with E-state index in [9.17, 15) is 8.78 Å². The monoisotopic (exact) mass is 291 g/mol. The van der Waals surface area contributed by atoms with Gasteiger partial charge in [0.1, 0.15) is 5.75 Å². The number of likely N-dealkylation sites (N-methyl/N-ethyl adjacent to an activating group) is 1. The van der Waals surface area contributed by atoms with Crippen LogP contribution in [0.2, 0.25) is 0 Å². The molecule has 2 aromatic carbocycles. The lowest BCUT2D eigenvalue weighted by Gasteiger charge is -2.18. The predicted octanol–water partition coefficient (Wildman–Crippen LogP) is 3.79. The minimum atomic E-state index is -0.775. The van der Waals surface area contributed by atoms with Gasteiger partial charge in [0.2, 0.25) is 0 Å². The summed E-state index contributed by atoms with van der Waals surface area (Å²) in [5.41, 5.74) is 1.68. The van der Waals surface area contributed by atoms with Crippen LogP contribution in [0.15, 0.2) is 36.4 Å². The summed E-state index contributed by atoms with van der Waals surface area (Å²) in [6.07, 6.45) is 0.569. The number of methoxy groups -OCH3 is 1. The topological polar surface area (TPSA) is 21.3 Å². The standard InChI is InChI=1S/C17H19F2NO/c1-11-4-9-14(17(19)16(11)18)15(20-2)10-12-5-7-13(21-3)8-6-12/h4-9,15,20H,10H2,1-3H3. The van der Waals surface area contributed by atoms with Gasteiger partial charge in [-0.05, 0) is 43.7 Å². The van der Waals surface area contributed by atoms with Crippen LogP contribution >= 0.6 is 0 Å². The Hall–Kier alpha value is -1.94.